The van der Waals surface area contributed by atoms with Gasteiger partial charge in [0.1, 0.15) is 5.75 Å². The zero-order valence-corrected chi connectivity index (χ0v) is 10.5. The van der Waals surface area contributed by atoms with Crippen LogP contribution in [0.3, 0.4) is 0 Å². The van der Waals surface area contributed by atoms with Gasteiger partial charge in [-0.25, -0.2) is 0 Å². The van der Waals surface area contributed by atoms with Crippen LogP contribution in [0.15, 0.2) is 24.3 Å². The number of Topliss-reactive ketones (excluding diaryl/α,β-unsaturated/α-hetero) is 2. The molecule has 1 aromatic rings. The Labute approximate surface area is 102 Å². The average molecular weight is 234 g/mol. The van der Waals surface area contributed by atoms with E-state index in [1.54, 1.807) is 31.4 Å². The van der Waals surface area contributed by atoms with Crippen molar-refractivity contribution in [1.82, 2.24) is 0 Å². The molecule has 0 radical (unpaired) electrons. The van der Waals surface area contributed by atoms with E-state index >= 15 is 0 Å². The van der Waals surface area contributed by atoms with Crippen LogP contribution in [0.4, 0.5) is 0 Å². The van der Waals surface area contributed by atoms with Gasteiger partial charge < -0.3 is 4.74 Å². The summed E-state index contributed by atoms with van der Waals surface area (Å²) in [5.74, 6) is 0.207. The molecular weight excluding hydrogens is 216 g/mol. The highest BCUT2D eigenvalue weighted by atomic mass is 16.5. The molecule has 0 bridgehead atoms. The van der Waals surface area contributed by atoms with E-state index in [2.05, 4.69) is 0 Å². The van der Waals surface area contributed by atoms with Gasteiger partial charge in [-0.05, 0) is 30.2 Å². The lowest BCUT2D eigenvalue weighted by Crippen LogP contribution is -2.16. The molecule has 0 aliphatic heterocycles. The standard InChI is InChI=1S/C14H18O3/c1-4-10(2)9-13(15)14(16)11-5-7-12(17-3)8-6-11/h5-8,10H,4,9H2,1-3H3. The average Bonchev–Trinajstić information content (AvgIpc) is 2.37. The van der Waals surface area contributed by atoms with E-state index in [1.807, 2.05) is 13.8 Å². The first kappa shape index (κ1) is 13.4. The van der Waals surface area contributed by atoms with Crippen LogP contribution in [0.2, 0.25) is 0 Å². The Morgan fingerprint density at radius 2 is 1.82 bits per heavy atom. The Balaban J connectivity index is 2.71. The van der Waals surface area contributed by atoms with Crippen molar-refractivity contribution in [1.29, 1.82) is 0 Å². The number of hydrogen-bond acceptors (Lipinski definition) is 3. The number of hydrogen-bond donors (Lipinski definition) is 0. The van der Waals surface area contributed by atoms with Gasteiger partial charge >= 0.3 is 0 Å². The molecule has 0 amide bonds. The van der Waals surface area contributed by atoms with Crippen LogP contribution in [0.5, 0.6) is 5.75 Å². The van der Waals surface area contributed by atoms with Gasteiger partial charge in [-0.3, -0.25) is 9.59 Å². The quantitative estimate of drug-likeness (QED) is 0.561. The lowest BCUT2D eigenvalue weighted by Gasteiger charge is -2.06. The van der Waals surface area contributed by atoms with E-state index in [1.165, 1.54) is 0 Å². The second-order valence-corrected chi connectivity index (χ2v) is 4.20. The van der Waals surface area contributed by atoms with Gasteiger partial charge in [0.25, 0.3) is 0 Å². The van der Waals surface area contributed by atoms with Gasteiger partial charge in [-0.2, -0.15) is 0 Å². The van der Waals surface area contributed by atoms with Gasteiger partial charge in [0, 0.05) is 12.0 Å². The second kappa shape index (κ2) is 6.18. The van der Waals surface area contributed by atoms with Crippen molar-refractivity contribution in [2.24, 2.45) is 5.92 Å². The normalized spacial score (nSPS) is 11.9. The van der Waals surface area contributed by atoms with Crippen molar-refractivity contribution >= 4 is 11.6 Å². The number of ether oxygens (including phenoxy) is 1. The summed E-state index contributed by atoms with van der Waals surface area (Å²) in [6.45, 7) is 3.98. The number of carbonyl (C=O) groups is 2. The molecule has 0 fully saturated rings. The molecule has 0 aliphatic rings. The van der Waals surface area contributed by atoms with Crippen LogP contribution >= 0.6 is 0 Å². The van der Waals surface area contributed by atoms with E-state index < -0.39 is 5.78 Å². The predicted molar refractivity (Wildman–Crippen MR) is 66.4 cm³/mol. The monoisotopic (exact) mass is 234 g/mol. The second-order valence-electron chi connectivity index (χ2n) is 4.20. The molecule has 3 heteroatoms. The van der Waals surface area contributed by atoms with Crippen molar-refractivity contribution in [3.8, 4) is 5.75 Å². The number of rotatable bonds is 6. The Morgan fingerprint density at radius 1 is 1.24 bits per heavy atom. The van der Waals surface area contributed by atoms with Crippen LogP contribution in [0, 0.1) is 5.92 Å². The van der Waals surface area contributed by atoms with Gasteiger partial charge in [-0.1, -0.05) is 20.3 Å². The smallest absolute Gasteiger partial charge is 0.228 e. The van der Waals surface area contributed by atoms with Gasteiger partial charge in [-0.15, -0.1) is 0 Å². The maximum atomic E-state index is 11.8. The minimum atomic E-state index is -0.409. The van der Waals surface area contributed by atoms with Crippen LogP contribution < -0.4 is 4.74 Å². The summed E-state index contributed by atoms with van der Waals surface area (Å²) < 4.78 is 5.00. The summed E-state index contributed by atoms with van der Waals surface area (Å²) in [6.07, 6.45) is 1.23. The first-order chi connectivity index (χ1) is 8.08. The lowest BCUT2D eigenvalue weighted by atomic mass is 9.97. The molecule has 0 N–H and O–H groups in total. The van der Waals surface area contributed by atoms with E-state index in [4.69, 9.17) is 4.74 Å². The van der Waals surface area contributed by atoms with Gasteiger partial charge in [0.05, 0.1) is 7.11 Å². The van der Waals surface area contributed by atoms with Crippen LogP contribution in [0.1, 0.15) is 37.0 Å². The SMILES string of the molecule is CCC(C)CC(=O)C(=O)c1ccc(OC)cc1. The summed E-state index contributed by atoms with van der Waals surface area (Å²) in [6, 6.07) is 6.61. The topological polar surface area (TPSA) is 43.4 Å². The molecule has 1 atom stereocenters. The highest BCUT2D eigenvalue weighted by molar-refractivity contribution is 6.43. The van der Waals surface area contributed by atoms with Gasteiger partial charge in [0.2, 0.25) is 11.6 Å². The maximum Gasteiger partial charge on any atom is 0.228 e. The van der Waals surface area contributed by atoms with E-state index in [9.17, 15) is 9.59 Å². The van der Waals surface area contributed by atoms with Crippen LogP contribution in [-0.2, 0) is 4.79 Å². The minimum Gasteiger partial charge on any atom is -0.497 e. The Morgan fingerprint density at radius 3 is 2.29 bits per heavy atom. The number of benzene rings is 1. The third-order valence-corrected chi connectivity index (χ3v) is 2.84. The third-order valence-electron chi connectivity index (χ3n) is 2.84. The zero-order chi connectivity index (χ0) is 12.8. The summed E-state index contributed by atoms with van der Waals surface area (Å²) >= 11 is 0. The highest BCUT2D eigenvalue weighted by Gasteiger charge is 2.18. The Hall–Kier alpha value is -1.64. The molecule has 0 saturated heterocycles. The maximum absolute atomic E-state index is 11.8. The minimum absolute atomic E-state index is 0.254. The van der Waals surface area contributed by atoms with Crippen molar-refractivity contribution < 1.29 is 14.3 Å². The molecule has 1 aromatic carbocycles. The largest absolute Gasteiger partial charge is 0.497 e. The number of methoxy groups -OCH3 is 1. The predicted octanol–water partition coefficient (Wildman–Crippen LogP) is 2.88. The number of carbonyl (C=O) groups excluding carboxylic acids is 2. The molecule has 1 unspecified atom stereocenters. The molecular formula is C14H18O3. The van der Waals surface area contributed by atoms with Crippen molar-refractivity contribution in [3.63, 3.8) is 0 Å². The first-order valence-electron chi connectivity index (χ1n) is 5.80. The summed E-state index contributed by atoms with van der Waals surface area (Å²) in [7, 11) is 1.56. The Kier molecular flexibility index (Phi) is 4.88. The van der Waals surface area contributed by atoms with E-state index in [0.717, 1.165) is 6.42 Å². The molecule has 0 aliphatic carbocycles. The summed E-state index contributed by atoms with van der Waals surface area (Å²) in [5, 5.41) is 0. The fraction of sp³-hybridized carbons (Fsp3) is 0.429. The molecule has 0 heterocycles. The Bertz CT molecular complexity index is 392. The molecule has 17 heavy (non-hydrogen) atoms. The van der Waals surface area contributed by atoms with Gasteiger partial charge in [0.15, 0.2) is 0 Å². The molecule has 3 nitrogen and oxygen atoms in total. The lowest BCUT2D eigenvalue weighted by molar-refractivity contribution is -0.115. The molecule has 0 saturated carbocycles. The van der Waals surface area contributed by atoms with Crippen molar-refractivity contribution in [2.75, 3.05) is 7.11 Å². The summed E-state index contributed by atoms with van der Waals surface area (Å²) in [4.78, 5) is 23.5. The fourth-order valence-corrected chi connectivity index (χ4v) is 1.46. The molecule has 0 aromatic heterocycles. The molecule has 0 spiro atoms. The number of ketones is 2. The molecule has 92 valence electrons. The van der Waals surface area contributed by atoms with Crippen molar-refractivity contribution in [3.05, 3.63) is 29.8 Å². The van der Waals surface area contributed by atoms with Crippen LogP contribution in [0.25, 0.3) is 0 Å². The van der Waals surface area contributed by atoms with Crippen molar-refractivity contribution in [2.45, 2.75) is 26.7 Å². The third kappa shape index (κ3) is 3.70. The van der Waals surface area contributed by atoms with Crippen LogP contribution in [-0.4, -0.2) is 18.7 Å². The first-order valence-corrected chi connectivity index (χ1v) is 5.80. The fourth-order valence-electron chi connectivity index (χ4n) is 1.46. The van der Waals surface area contributed by atoms with E-state index in [0.29, 0.717) is 17.7 Å². The zero-order valence-electron chi connectivity index (χ0n) is 10.5. The highest BCUT2D eigenvalue weighted by Crippen LogP contribution is 2.14. The van der Waals surface area contributed by atoms with E-state index in [-0.39, 0.29) is 11.7 Å². The summed E-state index contributed by atoms with van der Waals surface area (Å²) in [5.41, 5.74) is 0.430. The molecule has 1 rings (SSSR count).